The van der Waals surface area contributed by atoms with E-state index in [4.69, 9.17) is 11.6 Å². The van der Waals surface area contributed by atoms with E-state index in [0.29, 0.717) is 35.6 Å². The van der Waals surface area contributed by atoms with Crippen LogP contribution in [0.4, 0.5) is 0 Å². The second kappa shape index (κ2) is 10.4. The Labute approximate surface area is 184 Å². The van der Waals surface area contributed by atoms with Crippen LogP contribution in [-0.2, 0) is 9.84 Å². The van der Waals surface area contributed by atoms with E-state index < -0.39 is 9.84 Å². The molecule has 1 saturated heterocycles. The lowest BCUT2D eigenvalue weighted by Crippen LogP contribution is -2.48. The van der Waals surface area contributed by atoms with Gasteiger partial charge in [-0.2, -0.15) is 0 Å². The number of amides is 1. The van der Waals surface area contributed by atoms with Gasteiger partial charge in [0.05, 0.1) is 10.6 Å². The molecule has 3 rings (SSSR count). The SMILES string of the molecule is CCCN(CCS(=O)(=O)c1ccc(Cl)cc1)C1CCN(C(=O)c2ccccc2)CC1. The molecule has 0 N–H and O–H groups in total. The number of sulfone groups is 1. The maximum absolute atomic E-state index is 12.7. The molecule has 0 aromatic heterocycles. The van der Waals surface area contributed by atoms with Crippen molar-refractivity contribution in [3.63, 3.8) is 0 Å². The summed E-state index contributed by atoms with van der Waals surface area (Å²) >= 11 is 5.87. The molecule has 1 aliphatic rings. The van der Waals surface area contributed by atoms with Crippen molar-refractivity contribution in [1.29, 1.82) is 0 Å². The van der Waals surface area contributed by atoms with Crippen molar-refractivity contribution in [3.05, 3.63) is 65.2 Å². The third-order valence-corrected chi connectivity index (χ3v) is 7.58. The van der Waals surface area contributed by atoms with Crippen LogP contribution < -0.4 is 0 Å². The fourth-order valence-electron chi connectivity index (χ4n) is 3.96. The van der Waals surface area contributed by atoms with Crippen molar-refractivity contribution >= 4 is 27.3 Å². The highest BCUT2D eigenvalue weighted by atomic mass is 35.5. The Balaban J connectivity index is 1.58. The third kappa shape index (κ3) is 5.84. The van der Waals surface area contributed by atoms with Gasteiger partial charge in [0.25, 0.3) is 5.91 Å². The van der Waals surface area contributed by atoms with Gasteiger partial charge in [-0.1, -0.05) is 36.7 Å². The standard InChI is InChI=1S/C23H29ClN2O3S/c1-2-14-25(17-18-30(28,29)22-10-8-20(24)9-11-22)21-12-15-26(16-13-21)23(27)19-6-4-3-5-7-19/h3-11,21H,2,12-18H2,1H3. The predicted octanol–water partition coefficient (Wildman–Crippen LogP) is 4.13. The molecule has 0 saturated carbocycles. The highest BCUT2D eigenvalue weighted by molar-refractivity contribution is 7.91. The number of benzene rings is 2. The molecule has 162 valence electrons. The molecule has 0 bridgehead atoms. The zero-order valence-corrected chi connectivity index (χ0v) is 18.9. The molecule has 5 nitrogen and oxygen atoms in total. The molecule has 1 amide bonds. The summed E-state index contributed by atoms with van der Waals surface area (Å²) in [4.78, 5) is 17.2. The van der Waals surface area contributed by atoms with Crippen LogP contribution in [0.25, 0.3) is 0 Å². The number of carbonyl (C=O) groups excluding carboxylic acids is 1. The van der Waals surface area contributed by atoms with Crippen molar-refractivity contribution < 1.29 is 13.2 Å². The molecule has 0 spiro atoms. The summed E-state index contributed by atoms with van der Waals surface area (Å²) < 4.78 is 25.4. The van der Waals surface area contributed by atoms with Gasteiger partial charge < -0.3 is 4.90 Å². The second-order valence-electron chi connectivity index (χ2n) is 7.70. The first-order chi connectivity index (χ1) is 14.4. The number of piperidine rings is 1. The minimum absolute atomic E-state index is 0.0707. The van der Waals surface area contributed by atoms with E-state index >= 15 is 0 Å². The monoisotopic (exact) mass is 448 g/mol. The number of halogens is 1. The molecule has 2 aromatic rings. The molecular weight excluding hydrogens is 420 g/mol. The van der Waals surface area contributed by atoms with Crippen LogP contribution in [0.5, 0.6) is 0 Å². The largest absolute Gasteiger partial charge is 0.339 e. The molecule has 0 radical (unpaired) electrons. The summed E-state index contributed by atoms with van der Waals surface area (Å²) in [6, 6.07) is 16.0. The highest BCUT2D eigenvalue weighted by Gasteiger charge is 2.28. The van der Waals surface area contributed by atoms with Gasteiger partial charge in [-0.3, -0.25) is 9.69 Å². The molecule has 2 aromatic carbocycles. The van der Waals surface area contributed by atoms with Crippen LogP contribution in [0.2, 0.25) is 5.02 Å². The van der Waals surface area contributed by atoms with Gasteiger partial charge in [-0.15, -0.1) is 0 Å². The summed E-state index contributed by atoms with van der Waals surface area (Å²) in [6.45, 7) is 4.85. The average molecular weight is 449 g/mol. The van der Waals surface area contributed by atoms with Gasteiger partial charge in [0.15, 0.2) is 9.84 Å². The Kier molecular flexibility index (Phi) is 7.92. The number of likely N-dealkylation sites (tertiary alicyclic amines) is 1. The van der Waals surface area contributed by atoms with E-state index in [1.54, 1.807) is 24.3 Å². The lowest BCUT2D eigenvalue weighted by molar-refractivity contribution is 0.0626. The third-order valence-electron chi connectivity index (χ3n) is 5.62. The topological polar surface area (TPSA) is 57.7 Å². The Morgan fingerprint density at radius 2 is 1.67 bits per heavy atom. The number of nitrogens with zero attached hydrogens (tertiary/aromatic N) is 2. The van der Waals surface area contributed by atoms with Crippen LogP contribution >= 0.6 is 11.6 Å². The van der Waals surface area contributed by atoms with E-state index in [-0.39, 0.29) is 11.7 Å². The van der Waals surface area contributed by atoms with Crippen LogP contribution in [0.3, 0.4) is 0 Å². The predicted molar refractivity (Wildman–Crippen MR) is 121 cm³/mol. The molecule has 1 aliphatic heterocycles. The van der Waals surface area contributed by atoms with Crippen LogP contribution in [0.15, 0.2) is 59.5 Å². The van der Waals surface area contributed by atoms with Crippen molar-refractivity contribution in [2.24, 2.45) is 0 Å². The first-order valence-corrected chi connectivity index (χ1v) is 12.5. The quantitative estimate of drug-likeness (QED) is 0.609. The molecule has 1 heterocycles. The van der Waals surface area contributed by atoms with Gasteiger partial charge in [0.2, 0.25) is 0 Å². The Hall–Kier alpha value is -1.89. The smallest absolute Gasteiger partial charge is 0.253 e. The summed E-state index contributed by atoms with van der Waals surface area (Å²) in [5.74, 6) is 0.152. The molecule has 7 heteroatoms. The van der Waals surface area contributed by atoms with Gasteiger partial charge in [0, 0.05) is 36.3 Å². The molecule has 0 unspecified atom stereocenters. The van der Waals surface area contributed by atoms with Crippen LogP contribution in [-0.4, -0.2) is 62.1 Å². The molecule has 0 atom stereocenters. The van der Waals surface area contributed by atoms with Crippen molar-refractivity contribution in [3.8, 4) is 0 Å². The van der Waals surface area contributed by atoms with E-state index in [1.165, 1.54) is 0 Å². The van der Waals surface area contributed by atoms with E-state index in [9.17, 15) is 13.2 Å². The molecular formula is C23H29ClN2O3S. The zero-order valence-electron chi connectivity index (χ0n) is 17.3. The molecule has 1 fully saturated rings. The Morgan fingerprint density at radius 3 is 2.27 bits per heavy atom. The lowest BCUT2D eigenvalue weighted by atomic mass is 10.0. The molecule has 0 aliphatic carbocycles. The second-order valence-corrected chi connectivity index (χ2v) is 10.2. The number of hydrogen-bond donors (Lipinski definition) is 0. The summed E-state index contributed by atoms with van der Waals surface area (Å²) in [6.07, 6.45) is 2.68. The first kappa shape index (κ1) is 22.8. The first-order valence-electron chi connectivity index (χ1n) is 10.5. The van der Waals surface area contributed by atoms with E-state index in [0.717, 1.165) is 31.4 Å². The van der Waals surface area contributed by atoms with Crippen LogP contribution in [0, 0.1) is 0 Å². The van der Waals surface area contributed by atoms with Gasteiger partial charge in [-0.05, 0) is 62.2 Å². The van der Waals surface area contributed by atoms with Crippen LogP contribution in [0.1, 0.15) is 36.5 Å². The van der Waals surface area contributed by atoms with Gasteiger partial charge in [-0.25, -0.2) is 8.42 Å². The van der Waals surface area contributed by atoms with Gasteiger partial charge in [0.1, 0.15) is 0 Å². The average Bonchev–Trinajstić information content (AvgIpc) is 2.77. The van der Waals surface area contributed by atoms with E-state index in [1.807, 2.05) is 35.2 Å². The zero-order chi connectivity index (χ0) is 21.6. The fraction of sp³-hybridized carbons (Fsp3) is 0.435. The summed E-state index contributed by atoms with van der Waals surface area (Å²) in [5.41, 5.74) is 0.718. The number of hydrogen-bond acceptors (Lipinski definition) is 4. The van der Waals surface area contributed by atoms with Gasteiger partial charge >= 0.3 is 0 Å². The number of carbonyl (C=O) groups is 1. The minimum atomic E-state index is -3.35. The van der Waals surface area contributed by atoms with Crippen molar-refractivity contribution in [2.45, 2.75) is 37.1 Å². The molecule has 30 heavy (non-hydrogen) atoms. The fourth-order valence-corrected chi connectivity index (χ4v) is 5.35. The maximum atomic E-state index is 12.7. The Bertz CT molecular complexity index is 925. The minimum Gasteiger partial charge on any atom is -0.339 e. The summed E-state index contributed by atoms with van der Waals surface area (Å²) in [7, 11) is -3.35. The van der Waals surface area contributed by atoms with Crippen molar-refractivity contribution in [2.75, 3.05) is 31.9 Å². The summed E-state index contributed by atoms with van der Waals surface area (Å²) in [5, 5.41) is 0.526. The van der Waals surface area contributed by atoms with Crippen molar-refractivity contribution in [1.82, 2.24) is 9.80 Å². The lowest BCUT2D eigenvalue weighted by Gasteiger charge is -2.38. The maximum Gasteiger partial charge on any atom is 0.253 e. The number of rotatable bonds is 8. The highest BCUT2D eigenvalue weighted by Crippen LogP contribution is 2.21. The van der Waals surface area contributed by atoms with E-state index in [2.05, 4.69) is 11.8 Å². The normalized spacial score (nSPS) is 15.5. The Morgan fingerprint density at radius 1 is 1.03 bits per heavy atom.